The van der Waals surface area contributed by atoms with Crippen LogP contribution in [-0.4, -0.2) is 46.9 Å². The maximum Gasteiger partial charge on any atom is 0.307 e. The number of fused-ring (bicyclic) bond motifs is 1. The first-order chi connectivity index (χ1) is 12.6. The van der Waals surface area contributed by atoms with Gasteiger partial charge in [-0.3, -0.25) is 19.0 Å². The lowest BCUT2D eigenvalue weighted by Gasteiger charge is -2.21. The van der Waals surface area contributed by atoms with Crippen molar-refractivity contribution < 1.29 is 19.1 Å². The monoisotopic (exact) mass is 358 g/mol. The van der Waals surface area contributed by atoms with Crippen LogP contribution in [0.3, 0.4) is 0 Å². The van der Waals surface area contributed by atoms with Crippen molar-refractivity contribution in [2.45, 2.75) is 39.5 Å². The third-order valence-corrected chi connectivity index (χ3v) is 4.16. The Kier molecular flexibility index (Phi) is 7.38. The molecule has 26 heavy (non-hydrogen) atoms. The Balaban J connectivity index is 1.92. The molecule has 2 aromatic rings. The molecule has 1 heterocycles. The Morgan fingerprint density at radius 1 is 1.00 bits per heavy atom. The summed E-state index contributed by atoms with van der Waals surface area (Å²) >= 11 is 0. The molecule has 0 N–H and O–H groups in total. The average molecular weight is 358 g/mol. The maximum atomic E-state index is 12.5. The molecule has 140 valence electrons. The second-order valence-corrected chi connectivity index (χ2v) is 6.07. The van der Waals surface area contributed by atoms with Gasteiger partial charge in [0.1, 0.15) is 0 Å². The van der Waals surface area contributed by atoms with Crippen molar-refractivity contribution in [2.75, 3.05) is 19.7 Å². The molecule has 6 heteroatoms. The smallest absolute Gasteiger partial charge is 0.307 e. The Labute approximate surface area is 153 Å². The molecular weight excluding hydrogens is 332 g/mol. The van der Waals surface area contributed by atoms with Gasteiger partial charge in [-0.1, -0.05) is 25.1 Å². The van der Waals surface area contributed by atoms with E-state index in [1.165, 1.54) is 0 Å². The van der Waals surface area contributed by atoms with Crippen LogP contribution >= 0.6 is 0 Å². The van der Waals surface area contributed by atoms with E-state index in [4.69, 9.17) is 4.74 Å². The summed E-state index contributed by atoms with van der Waals surface area (Å²) in [4.78, 5) is 38.1. The lowest BCUT2D eigenvalue weighted by Crippen LogP contribution is -2.34. The number of benzene rings is 1. The van der Waals surface area contributed by atoms with Gasteiger partial charge >= 0.3 is 5.97 Å². The molecule has 0 atom stereocenters. The summed E-state index contributed by atoms with van der Waals surface area (Å²) in [6.45, 7) is 4.95. The Morgan fingerprint density at radius 2 is 1.77 bits per heavy atom. The van der Waals surface area contributed by atoms with Crippen LogP contribution in [0.25, 0.3) is 10.9 Å². The van der Waals surface area contributed by atoms with Gasteiger partial charge in [-0.15, -0.1) is 0 Å². The van der Waals surface area contributed by atoms with Crippen LogP contribution in [0.2, 0.25) is 0 Å². The number of esters is 1. The van der Waals surface area contributed by atoms with Crippen molar-refractivity contribution in [1.82, 2.24) is 9.47 Å². The topological polar surface area (TPSA) is 68.6 Å². The number of para-hydroxylation sites is 1. The summed E-state index contributed by atoms with van der Waals surface area (Å²) in [5.41, 5.74) is 0.845. The SMILES string of the molecule is CCCN(CCC(=O)OCC)C(=O)CCC(=O)n1ccc2ccccc21. The molecule has 0 radical (unpaired) electrons. The fourth-order valence-electron chi connectivity index (χ4n) is 2.88. The lowest BCUT2D eigenvalue weighted by molar-refractivity contribution is -0.144. The van der Waals surface area contributed by atoms with Crippen molar-refractivity contribution in [1.29, 1.82) is 0 Å². The summed E-state index contributed by atoms with van der Waals surface area (Å²) < 4.78 is 6.49. The van der Waals surface area contributed by atoms with E-state index < -0.39 is 0 Å². The summed E-state index contributed by atoms with van der Waals surface area (Å²) in [6.07, 6.45) is 2.98. The number of amides is 1. The molecule has 0 aliphatic carbocycles. The van der Waals surface area contributed by atoms with Crippen LogP contribution in [0.4, 0.5) is 0 Å². The molecule has 1 amide bonds. The molecule has 0 spiro atoms. The van der Waals surface area contributed by atoms with Gasteiger partial charge in [-0.25, -0.2) is 0 Å². The van der Waals surface area contributed by atoms with Gasteiger partial charge in [0, 0.05) is 37.5 Å². The number of carbonyl (C=O) groups excluding carboxylic acids is 3. The van der Waals surface area contributed by atoms with E-state index in [0.717, 1.165) is 17.3 Å². The van der Waals surface area contributed by atoms with Gasteiger partial charge in [0.2, 0.25) is 11.8 Å². The van der Waals surface area contributed by atoms with E-state index in [-0.39, 0.29) is 37.0 Å². The van der Waals surface area contributed by atoms with E-state index in [0.29, 0.717) is 19.7 Å². The fourth-order valence-corrected chi connectivity index (χ4v) is 2.88. The number of carbonyl (C=O) groups is 3. The third-order valence-electron chi connectivity index (χ3n) is 4.16. The van der Waals surface area contributed by atoms with Crippen LogP contribution < -0.4 is 0 Å². The van der Waals surface area contributed by atoms with Crippen LogP contribution in [0.5, 0.6) is 0 Å². The van der Waals surface area contributed by atoms with Crippen LogP contribution in [0, 0.1) is 0 Å². The largest absolute Gasteiger partial charge is 0.466 e. The van der Waals surface area contributed by atoms with E-state index in [1.807, 2.05) is 37.3 Å². The molecule has 2 rings (SSSR count). The van der Waals surface area contributed by atoms with Gasteiger partial charge < -0.3 is 9.64 Å². The molecule has 0 aliphatic rings. The first-order valence-corrected chi connectivity index (χ1v) is 9.09. The van der Waals surface area contributed by atoms with Crippen LogP contribution in [0.1, 0.15) is 44.3 Å². The lowest BCUT2D eigenvalue weighted by atomic mass is 10.2. The molecule has 0 saturated carbocycles. The summed E-state index contributed by atoms with van der Waals surface area (Å²) in [7, 11) is 0. The van der Waals surface area contributed by atoms with Crippen molar-refractivity contribution in [3.8, 4) is 0 Å². The zero-order valence-corrected chi connectivity index (χ0v) is 15.4. The zero-order chi connectivity index (χ0) is 18.9. The molecule has 0 aliphatic heterocycles. The molecule has 0 unspecified atom stereocenters. The van der Waals surface area contributed by atoms with Gasteiger partial charge in [0.05, 0.1) is 18.5 Å². The second-order valence-electron chi connectivity index (χ2n) is 6.07. The standard InChI is InChI=1S/C20H26N2O4/c1-3-13-21(14-12-20(25)26-4-2)18(23)9-10-19(24)22-15-11-16-7-5-6-8-17(16)22/h5-8,11,15H,3-4,9-10,12-14H2,1-2H3. The minimum atomic E-state index is -0.309. The van der Waals surface area contributed by atoms with E-state index in [2.05, 4.69) is 0 Å². The predicted molar refractivity (Wildman–Crippen MR) is 99.9 cm³/mol. The molecular formula is C20H26N2O4. The quantitative estimate of drug-likeness (QED) is 0.645. The minimum absolute atomic E-state index is 0.110. The van der Waals surface area contributed by atoms with Crippen LogP contribution in [-0.2, 0) is 14.3 Å². The Bertz CT molecular complexity index is 766. The highest BCUT2D eigenvalue weighted by atomic mass is 16.5. The van der Waals surface area contributed by atoms with Crippen molar-refractivity contribution >= 4 is 28.7 Å². The Morgan fingerprint density at radius 3 is 2.50 bits per heavy atom. The van der Waals surface area contributed by atoms with Crippen molar-refractivity contribution in [3.63, 3.8) is 0 Å². The minimum Gasteiger partial charge on any atom is -0.466 e. The molecule has 0 saturated heterocycles. The first kappa shape index (κ1) is 19.7. The number of aromatic nitrogens is 1. The highest BCUT2D eigenvalue weighted by Gasteiger charge is 2.17. The fraction of sp³-hybridized carbons (Fsp3) is 0.450. The molecule has 6 nitrogen and oxygen atoms in total. The average Bonchev–Trinajstić information content (AvgIpc) is 3.07. The number of nitrogens with zero attached hydrogens (tertiary/aromatic N) is 2. The van der Waals surface area contributed by atoms with E-state index >= 15 is 0 Å². The maximum absolute atomic E-state index is 12.5. The molecule has 1 aromatic heterocycles. The van der Waals surface area contributed by atoms with Gasteiger partial charge in [0.15, 0.2) is 0 Å². The summed E-state index contributed by atoms with van der Waals surface area (Å²) in [6, 6.07) is 9.53. The van der Waals surface area contributed by atoms with Crippen molar-refractivity contribution in [3.05, 3.63) is 36.5 Å². The second kappa shape index (κ2) is 9.75. The number of hydrogen-bond acceptors (Lipinski definition) is 4. The molecule has 0 bridgehead atoms. The Hall–Kier alpha value is -2.63. The highest BCUT2D eigenvalue weighted by Crippen LogP contribution is 2.16. The third kappa shape index (κ3) is 5.18. The number of hydrogen-bond donors (Lipinski definition) is 0. The van der Waals surface area contributed by atoms with E-state index in [1.54, 1.807) is 22.6 Å². The normalized spacial score (nSPS) is 10.7. The summed E-state index contributed by atoms with van der Waals surface area (Å²) in [5, 5.41) is 0.995. The zero-order valence-electron chi connectivity index (χ0n) is 15.4. The first-order valence-electron chi connectivity index (χ1n) is 9.09. The molecule has 1 aromatic carbocycles. The molecule has 0 fully saturated rings. The summed E-state index contributed by atoms with van der Waals surface area (Å²) in [5.74, 6) is -0.529. The van der Waals surface area contributed by atoms with Gasteiger partial charge in [0.25, 0.3) is 0 Å². The highest BCUT2D eigenvalue weighted by molar-refractivity contribution is 5.94. The van der Waals surface area contributed by atoms with Crippen LogP contribution in [0.15, 0.2) is 36.5 Å². The van der Waals surface area contributed by atoms with Gasteiger partial charge in [-0.2, -0.15) is 0 Å². The number of rotatable bonds is 9. The van der Waals surface area contributed by atoms with Gasteiger partial charge in [-0.05, 0) is 25.5 Å². The number of ether oxygens (including phenoxy) is 1. The van der Waals surface area contributed by atoms with Crippen molar-refractivity contribution in [2.24, 2.45) is 0 Å². The van der Waals surface area contributed by atoms with E-state index in [9.17, 15) is 14.4 Å². The predicted octanol–water partition coefficient (Wildman–Crippen LogP) is 3.25.